The van der Waals surface area contributed by atoms with Crippen molar-refractivity contribution < 1.29 is 0 Å². The summed E-state index contributed by atoms with van der Waals surface area (Å²) in [6, 6.07) is 12.7. The first-order valence-electron chi connectivity index (χ1n) is 6.32. The highest BCUT2D eigenvalue weighted by atomic mass is 79.9. The van der Waals surface area contributed by atoms with Gasteiger partial charge in [0.25, 0.3) is 0 Å². The number of hydrogen-bond donors (Lipinski definition) is 2. The van der Waals surface area contributed by atoms with E-state index in [9.17, 15) is 0 Å². The molecule has 0 aliphatic carbocycles. The van der Waals surface area contributed by atoms with E-state index in [4.69, 9.17) is 5.84 Å². The van der Waals surface area contributed by atoms with Crippen LogP contribution in [0.3, 0.4) is 0 Å². The highest BCUT2D eigenvalue weighted by molar-refractivity contribution is 9.10. The van der Waals surface area contributed by atoms with Crippen LogP contribution in [-0.2, 0) is 0 Å². The van der Waals surface area contributed by atoms with E-state index in [2.05, 4.69) is 66.4 Å². The van der Waals surface area contributed by atoms with Gasteiger partial charge in [-0.15, -0.1) is 0 Å². The van der Waals surface area contributed by atoms with Crippen molar-refractivity contribution in [3.8, 4) is 0 Å². The topological polar surface area (TPSA) is 38.0 Å². The molecule has 0 radical (unpaired) electrons. The fraction of sp³-hybridized carbons (Fsp3) is 0.250. The predicted molar refractivity (Wildman–Crippen MR) is 84.0 cm³/mol. The number of nitrogens with one attached hydrogen (secondary N) is 1. The van der Waals surface area contributed by atoms with E-state index in [1.54, 1.807) is 0 Å². The SMILES string of the molecule is Cc1cc(C)c(C(NN)c2cccc(Br)c2)cc1C. The Bertz CT molecular complexity index is 593. The molecule has 2 rings (SSSR count). The molecule has 19 heavy (non-hydrogen) atoms. The standard InChI is InChI=1S/C16H19BrN2/c1-10-7-12(3)15(8-11(10)2)16(19-18)13-5-4-6-14(17)9-13/h4-9,16,19H,18H2,1-3H3. The van der Waals surface area contributed by atoms with E-state index in [0.717, 1.165) is 10.0 Å². The molecule has 0 aliphatic heterocycles. The number of hydrogen-bond acceptors (Lipinski definition) is 2. The summed E-state index contributed by atoms with van der Waals surface area (Å²) in [4.78, 5) is 0. The highest BCUT2D eigenvalue weighted by Crippen LogP contribution is 2.28. The van der Waals surface area contributed by atoms with Crippen molar-refractivity contribution in [1.29, 1.82) is 0 Å². The van der Waals surface area contributed by atoms with Crippen LogP contribution in [0.5, 0.6) is 0 Å². The Morgan fingerprint density at radius 2 is 1.68 bits per heavy atom. The lowest BCUT2D eigenvalue weighted by molar-refractivity contribution is 0.633. The van der Waals surface area contributed by atoms with Gasteiger partial charge in [-0.2, -0.15) is 0 Å². The molecule has 0 amide bonds. The summed E-state index contributed by atoms with van der Waals surface area (Å²) in [5.74, 6) is 5.78. The van der Waals surface area contributed by atoms with E-state index in [0.29, 0.717) is 0 Å². The first-order chi connectivity index (χ1) is 9.02. The molecular formula is C16H19BrN2. The Labute approximate surface area is 123 Å². The molecule has 2 aromatic rings. The van der Waals surface area contributed by atoms with Gasteiger partial charge >= 0.3 is 0 Å². The summed E-state index contributed by atoms with van der Waals surface area (Å²) in [6.45, 7) is 6.40. The number of benzene rings is 2. The van der Waals surface area contributed by atoms with Gasteiger partial charge in [0.1, 0.15) is 0 Å². The number of hydrazine groups is 1. The van der Waals surface area contributed by atoms with Gasteiger partial charge in [-0.3, -0.25) is 5.84 Å². The molecule has 0 fully saturated rings. The molecule has 0 aliphatic rings. The molecule has 0 aromatic heterocycles. The average Bonchev–Trinajstić information content (AvgIpc) is 2.36. The molecule has 0 spiro atoms. The van der Waals surface area contributed by atoms with Crippen molar-refractivity contribution in [1.82, 2.24) is 5.43 Å². The van der Waals surface area contributed by atoms with E-state index in [1.165, 1.54) is 22.3 Å². The Morgan fingerprint density at radius 1 is 1.00 bits per heavy atom. The molecule has 3 heteroatoms. The average molecular weight is 319 g/mol. The van der Waals surface area contributed by atoms with Crippen LogP contribution in [0.15, 0.2) is 40.9 Å². The van der Waals surface area contributed by atoms with Crippen molar-refractivity contribution in [3.05, 3.63) is 68.7 Å². The molecule has 0 heterocycles. The van der Waals surface area contributed by atoms with Crippen molar-refractivity contribution in [2.75, 3.05) is 0 Å². The number of nitrogens with two attached hydrogens (primary N) is 1. The van der Waals surface area contributed by atoms with Crippen LogP contribution in [0.25, 0.3) is 0 Å². The van der Waals surface area contributed by atoms with Gasteiger partial charge in [0.15, 0.2) is 0 Å². The molecule has 0 bridgehead atoms. The molecule has 0 saturated heterocycles. The van der Waals surface area contributed by atoms with Crippen molar-refractivity contribution in [2.24, 2.45) is 5.84 Å². The minimum absolute atomic E-state index is 0.0109. The molecule has 3 N–H and O–H groups in total. The van der Waals surface area contributed by atoms with Crippen LogP contribution in [0.1, 0.15) is 33.9 Å². The van der Waals surface area contributed by atoms with Crippen LogP contribution >= 0.6 is 15.9 Å². The van der Waals surface area contributed by atoms with Crippen molar-refractivity contribution >= 4 is 15.9 Å². The lowest BCUT2D eigenvalue weighted by Gasteiger charge is -2.21. The molecule has 1 atom stereocenters. The second-order valence-corrected chi connectivity index (χ2v) is 5.86. The number of aryl methyl sites for hydroxylation is 3. The van der Waals surface area contributed by atoms with E-state index < -0.39 is 0 Å². The second kappa shape index (κ2) is 5.87. The van der Waals surface area contributed by atoms with Crippen molar-refractivity contribution in [3.63, 3.8) is 0 Å². The van der Waals surface area contributed by atoms with Gasteiger partial charge in [-0.1, -0.05) is 40.2 Å². The van der Waals surface area contributed by atoms with Crippen LogP contribution < -0.4 is 11.3 Å². The Balaban J connectivity index is 2.51. The quantitative estimate of drug-likeness (QED) is 0.664. The molecule has 100 valence electrons. The van der Waals surface area contributed by atoms with Crippen LogP contribution in [0.2, 0.25) is 0 Å². The minimum atomic E-state index is 0.0109. The predicted octanol–water partition coefficient (Wildman–Crippen LogP) is 3.93. The van der Waals surface area contributed by atoms with Crippen LogP contribution in [0.4, 0.5) is 0 Å². The Kier molecular flexibility index (Phi) is 4.40. The number of halogens is 1. The number of rotatable bonds is 3. The first kappa shape index (κ1) is 14.3. The summed E-state index contributed by atoms with van der Waals surface area (Å²) in [6.07, 6.45) is 0. The van der Waals surface area contributed by atoms with Gasteiger partial charge < -0.3 is 0 Å². The fourth-order valence-corrected chi connectivity index (χ4v) is 2.76. The van der Waals surface area contributed by atoms with Gasteiger partial charge in [-0.05, 0) is 60.7 Å². The zero-order chi connectivity index (χ0) is 14.0. The molecule has 1 unspecified atom stereocenters. The maximum atomic E-state index is 5.78. The minimum Gasteiger partial charge on any atom is -0.271 e. The molecule has 0 saturated carbocycles. The monoisotopic (exact) mass is 318 g/mol. The highest BCUT2D eigenvalue weighted by Gasteiger charge is 2.15. The smallest absolute Gasteiger partial charge is 0.0713 e. The van der Waals surface area contributed by atoms with Gasteiger partial charge in [0.05, 0.1) is 6.04 Å². The summed E-state index contributed by atoms with van der Waals surface area (Å²) in [7, 11) is 0. The summed E-state index contributed by atoms with van der Waals surface area (Å²) in [5, 5.41) is 0. The summed E-state index contributed by atoms with van der Waals surface area (Å²) in [5.41, 5.74) is 9.16. The zero-order valence-corrected chi connectivity index (χ0v) is 13.1. The van der Waals surface area contributed by atoms with Gasteiger partial charge in [0.2, 0.25) is 0 Å². The third-order valence-electron chi connectivity index (χ3n) is 3.54. The summed E-state index contributed by atoms with van der Waals surface area (Å²) < 4.78 is 1.06. The Hall–Kier alpha value is -1.16. The lowest BCUT2D eigenvalue weighted by atomic mass is 9.92. The second-order valence-electron chi connectivity index (χ2n) is 4.95. The molecular weight excluding hydrogens is 300 g/mol. The van der Waals surface area contributed by atoms with Crippen molar-refractivity contribution in [2.45, 2.75) is 26.8 Å². The van der Waals surface area contributed by atoms with E-state index >= 15 is 0 Å². The maximum absolute atomic E-state index is 5.78. The van der Waals surface area contributed by atoms with E-state index in [-0.39, 0.29) is 6.04 Å². The molecule has 2 aromatic carbocycles. The van der Waals surface area contributed by atoms with E-state index in [1.807, 2.05) is 12.1 Å². The zero-order valence-electron chi connectivity index (χ0n) is 11.5. The first-order valence-corrected chi connectivity index (χ1v) is 7.11. The summed E-state index contributed by atoms with van der Waals surface area (Å²) >= 11 is 3.51. The largest absolute Gasteiger partial charge is 0.271 e. The van der Waals surface area contributed by atoms with Gasteiger partial charge in [0, 0.05) is 4.47 Å². The maximum Gasteiger partial charge on any atom is 0.0713 e. The third kappa shape index (κ3) is 3.06. The molecule has 2 nitrogen and oxygen atoms in total. The lowest BCUT2D eigenvalue weighted by Crippen LogP contribution is -2.29. The third-order valence-corrected chi connectivity index (χ3v) is 4.04. The van der Waals surface area contributed by atoms with Crippen LogP contribution in [-0.4, -0.2) is 0 Å². The normalized spacial score (nSPS) is 12.5. The van der Waals surface area contributed by atoms with Crippen LogP contribution in [0, 0.1) is 20.8 Å². The Morgan fingerprint density at radius 3 is 2.32 bits per heavy atom. The fourth-order valence-electron chi connectivity index (χ4n) is 2.35. The van der Waals surface area contributed by atoms with Gasteiger partial charge in [-0.25, -0.2) is 5.43 Å².